The fourth-order valence-electron chi connectivity index (χ4n) is 1.58. The molecule has 72 valence electrons. The van der Waals surface area contributed by atoms with E-state index in [1.807, 2.05) is 48.6 Å². The monoisotopic (exact) mass is 250 g/mol. The van der Waals surface area contributed by atoms with Gasteiger partial charge in [0.2, 0.25) is 0 Å². The summed E-state index contributed by atoms with van der Waals surface area (Å²) in [6.45, 7) is 0. The van der Waals surface area contributed by atoms with Gasteiger partial charge in [0.05, 0.1) is 6.10 Å². The van der Waals surface area contributed by atoms with Gasteiger partial charge in [0, 0.05) is 10.4 Å². The van der Waals surface area contributed by atoms with Crippen molar-refractivity contribution < 1.29 is 5.11 Å². The molecule has 2 rings (SSSR count). The van der Waals surface area contributed by atoms with Gasteiger partial charge in [0.1, 0.15) is 0 Å². The van der Waals surface area contributed by atoms with Crippen LogP contribution in [0, 0.1) is 5.92 Å². The van der Waals surface area contributed by atoms with E-state index in [0.717, 1.165) is 10.0 Å². The average molecular weight is 251 g/mol. The third kappa shape index (κ3) is 1.81. The molecular weight excluding hydrogens is 240 g/mol. The van der Waals surface area contributed by atoms with Crippen LogP contribution in [0.3, 0.4) is 0 Å². The fourth-order valence-corrected chi connectivity index (χ4v) is 2.10. The highest BCUT2D eigenvalue weighted by molar-refractivity contribution is 9.10. The Kier molecular flexibility index (Phi) is 2.85. The second-order valence-electron chi connectivity index (χ2n) is 3.31. The van der Waals surface area contributed by atoms with E-state index in [1.54, 1.807) is 0 Å². The first-order valence-corrected chi connectivity index (χ1v) is 5.36. The van der Waals surface area contributed by atoms with E-state index in [0.29, 0.717) is 0 Å². The summed E-state index contributed by atoms with van der Waals surface area (Å²) in [4.78, 5) is 0. The Hall–Kier alpha value is -0.860. The Morgan fingerprint density at radius 3 is 2.43 bits per heavy atom. The van der Waals surface area contributed by atoms with Gasteiger partial charge in [0.15, 0.2) is 0 Å². The van der Waals surface area contributed by atoms with Crippen LogP contribution < -0.4 is 0 Å². The van der Waals surface area contributed by atoms with Crippen molar-refractivity contribution in [3.05, 3.63) is 58.6 Å². The van der Waals surface area contributed by atoms with Crippen molar-refractivity contribution in [3.8, 4) is 0 Å². The Morgan fingerprint density at radius 1 is 1.14 bits per heavy atom. The molecule has 1 aliphatic rings. The van der Waals surface area contributed by atoms with Gasteiger partial charge in [-0.15, -0.1) is 0 Å². The summed E-state index contributed by atoms with van der Waals surface area (Å²) in [5, 5.41) is 10.1. The van der Waals surface area contributed by atoms with E-state index in [1.165, 1.54) is 0 Å². The zero-order valence-corrected chi connectivity index (χ0v) is 9.18. The lowest BCUT2D eigenvalue weighted by molar-refractivity contribution is 0.151. The van der Waals surface area contributed by atoms with Crippen LogP contribution in [0.5, 0.6) is 0 Å². The molecule has 0 bridgehead atoms. The van der Waals surface area contributed by atoms with Gasteiger partial charge in [-0.1, -0.05) is 58.4 Å². The number of benzene rings is 1. The highest BCUT2D eigenvalue weighted by Crippen LogP contribution is 2.31. The average Bonchev–Trinajstić information content (AvgIpc) is 2.70. The molecular formula is C12H11BrO. The summed E-state index contributed by atoms with van der Waals surface area (Å²) in [5.41, 5.74) is 0.939. The maximum absolute atomic E-state index is 10.1. The summed E-state index contributed by atoms with van der Waals surface area (Å²) in [7, 11) is 0. The predicted octanol–water partition coefficient (Wildman–Crippen LogP) is 3.22. The van der Waals surface area contributed by atoms with Crippen molar-refractivity contribution in [2.75, 3.05) is 0 Å². The van der Waals surface area contributed by atoms with Gasteiger partial charge in [-0.3, -0.25) is 0 Å². The molecule has 0 saturated heterocycles. The Morgan fingerprint density at radius 2 is 1.79 bits per heavy atom. The number of allylic oxidation sites excluding steroid dienone is 2. The predicted molar refractivity (Wildman–Crippen MR) is 60.9 cm³/mol. The number of halogens is 1. The molecule has 0 heterocycles. The number of aliphatic hydroxyl groups is 1. The third-order valence-electron chi connectivity index (χ3n) is 2.37. The summed E-state index contributed by atoms with van der Waals surface area (Å²) in [6, 6.07) is 7.77. The summed E-state index contributed by atoms with van der Waals surface area (Å²) < 4.78 is 0.959. The first-order valence-electron chi connectivity index (χ1n) is 4.56. The van der Waals surface area contributed by atoms with Crippen molar-refractivity contribution in [1.29, 1.82) is 0 Å². The van der Waals surface area contributed by atoms with Gasteiger partial charge in [0.25, 0.3) is 0 Å². The molecule has 1 aliphatic carbocycles. The molecule has 0 aromatic heterocycles. The topological polar surface area (TPSA) is 20.2 Å². The molecule has 1 atom stereocenters. The number of hydrogen-bond acceptors (Lipinski definition) is 1. The minimum Gasteiger partial charge on any atom is -0.387 e. The van der Waals surface area contributed by atoms with Crippen LogP contribution in [0.25, 0.3) is 0 Å². The second-order valence-corrected chi connectivity index (χ2v) is 4.17. The van der Waals surface area contributed by atoms with E-state index >= 15 is 0 Å². The van der Waals surface area contributed by atoms with Crippen LogP contribution in [0.4, 0.5) is 0 Å². The van der Waals surface area contributed by atoms with Gasteiger partial charge in [-0.05, 0) is 11.6 Å². The molecule has 0 fully saturated rings. The Balaban J connectivity index is 2.26. The molecule has 0 aliphatic heterocycles. The summed E-state index contributed by atoms with van der Waals surface area (Å²) >= 11 is 3.44. The molecule has 14 heavy (non-hydrogen) atoms. The summed E-state index contributed by atoms with van der Waals surface area (Å²) in [5.74, 6) is 0.105. The Labute approximate surface area is 91.9 Å². The lowest BCUT2D eigenvalue weighted by Crippen LogP contribution is -2.07. The molecule has 1 aromatic rings. The van der Waals surface area contributed by atoms with Gasteiger partial charge < -0.3 is 5.11 Å². The van der Waals surface area contributed by atoms with E-state index in [2.05, 4.69) is 15.9 Å². The molecule has 0 saturated carbocycles. The van der Waals surface area contributed by atoms with Crippen molar-refractivity contribution in [1.82, 2.24) is 0 Å². The minimum absolute atomic E-state index is 0.105. The van der Waals surface area contributed by atoms with Gasteiger partial charge >= 0.3 is 0 Å². The fraction of sp³-hybridized carbons (Fsp3) is 0.167. The van der Waals surface area contributed by atoms with Crippen LogP contribution in [-0.2, 0) is 0 Å². The van der Waals surface area contributed by atoms with E-state index < -0.39 is 6.10 Å². The molecule has 1 N–H and O–H groups in total. The lowest BCUT2D eigenvalue weighted by Gasteiger charge is -2.16. The molecule has 0 radical (unpaired) electrons. The molecule has 2 heteroatoms. The van der Waals surface area contributed by atoms with Crippen LogP contribution in [0.2, 0.25) is 0 Å². The normalized spacial score (nSPS) is 17.6. The van der Waals surface area contributed by atoms with Gasteiger partial charge in [-0.25, -0.2) is 0 Å². The second kappa shape index (κ2) is 4.11. The molecule has 1 nitrogen and oxygen atoms in total. The van der Waals surface area contributed by atoms with Crippen LogP contribution in [-0.4, -0.2) is 5.11 Å². The van der Waals surface area contributed by atoms with Crippen molar-refractivity contribution in [2.45, 2.75) is 6.10 Å². The zero-order chi connectivity index (χ0) is 9.97. The van der Waals surface area contributed by atoms with Crippen LogP contribution in [0.1, 0.15) is 11.7 Å². The van der Waals surface area contributed by atoms with Crippen molar-refractivity contribution in [2.24, 2.45) is 5.92 Å². The van der Waals surface area contributed by atoms with Crippen LogP contribution >= 0.6 is 15.9 Å². The highest BCUT2D eigenvalue weighted by atomic mass is 79.9. The quantitative estimate of drug-likeness (QED) is 0.855. The van der Waals surface area contributed by atoms with E-state index in [4.69, 9.17) is 0 Å². The number of hydrogen-bond donors (Lipinski definition) is 1. The maximum atomic E-state index is 10.1. The zero-order valence-electron chi connectivity index (χ0n) is 7.60. The van der Waals surface area contributed by atoms with Gasteiger partial charge in [-0.2, -0.15) is 0 Å². The number of aliphatic hydroxyl groups excluding tert-OH is 1. The molecule has 0 unspecified atom stereocenters. The molecule has 0 spiro atoms. The van der Waals surface area contributed by atoms with Crippen molar-refractivity contribution in [3.63, 3.8) is 0 Å². The third-order valence-corrected chi connectivity index (χ3v) is 3.09. The number of rotatable bonds is 2. The van der Waals surface area contributed by atoms with E-state index in [9.17, 15) is 5.11 Å². The largest absolute Gasteiger partial charge is 0.387 e. The lowest BCUT2D eigenvalue weighted by atomic mass is 9.97. The first-order chi connectivity index (χ1) is 6.79. The minimum atomic E-state index is -0.458. The Bertz CT molecular complexity index is 370. The van der Waals surface area contributed by atoms with Crippen molar-refractivity contribution >= 4 is 15.9 Å². The maximum Gasteiger partial charge on any atom is 0.0898 e. The molecule has 1 aromatic carbocycles. The first kappa shape index (κ1) is 9.69. The smallest absolute Gasteiger partial charge is 0.0898 e. The highest BCUT2D eigenvalue weighted by Gasteiger charge is 2.19. The SMILES string of the molecule is O[C@H](c1ccccc1Br)C1C=CC=C1. The molecule has 0 amide bonds. The van der Waals surface area contributed by atoms with Crippen LogP contribution in [0.15, 0.2) is 53.0 Å². The van der Waals surface area contributed by atoms with E-state index in [-0.39, 0.29) is 5.92 Å². The standard InChI is InChI=1S/C12H11BrO/c13-11-8-4-3-7-10(11)12(14)9-5-1-2-6-9/h1-9,12,14H/t12-/m0/s1. The summed E-state index contributed by atoms with van der Waals surface area (Å²) in [6.07, 6.45) is 7.48.